The van der Waals surface area contributed by atoms with Crippen molar-refractivity contribution in [1.82, 2.24) is 29.2 Å². The highest BCUT2D eigenvalue weighted by Gasteiger charge is 2.40. The van der Waals surface area contributed by atoms with Gasteiger partial charge in [0.05, 0.1) is 26.4 Å². The number of alkyl halides is 3. The van der Waals surface area contributed by atoms with Crippen LogP contribution in [0, 0.1) is 0 Å². The number of imidazole rings is 1. The molecule has 2 saturated heterocycles. The lowest BCUT2D eigenvalue weighted by atomic mass is 9.90. The molecule has 0 aliphatic carbocycles. The maximum absolute atomic E-state index is 13.4. The number of hydrogen-bond acceptors (Lipinski definition) is 10. The van der Waals surface area contributed by atoms with Crippen LogP contribution in [0.1, 0.15) is 53.0 Å². The van der Waals surface area contributed by atoms with Crippen LogP contribution in [0.15, 0.2) is 67.1 Å². The van der Waals surface area contributed by atoms with Gasteiger partial charge < -0.3 is 34.9 Å². The smallest absolute Gasteiger partial charge is 0.416 e. The maximum atomic E-state index is 13.4. The summed E-state index contributed by atoms with van der Waals surface area (Å²) in [5.41, 5.74) is 1.51. The lowest BCUT2D eigenvalue weighted by Crippen LogP contribution is -2.60. The zero-order valence-electron chi connectivity index (χ0n) is 31.2. The molecule has 5 aromatic rings. The molecule has 15 nitrogen and oxygen atoms in total. The third kappa shape index (κ3) is 7.92. The Morgan fingerprint density at radius 1 is 0.982 bits per heavy atom. The molecule has 0 saturated carbocycles. The molecule has 2 aromatic carbocycles. The second-order valence-corrected chi connectivity index (χ2v) is 13.5. The molecule has 18 heteroatoms. The molecule has 3 amide bonds. The SMILES string of the molecule is CCOc1cc(C(=O)Nc2cc(C(F)(F)F)ccn2)ccc1-c1nc(C2CCC3CN(C(=O)O)CC(=O)N3C2)n2ccnc(NCc3ccc(OC)cc3OC)c12. The summed E-state index contributed by atoms with van der Waals surface area (Å²) < 4.78 is 59.0. The quantitative estimate of drug-likeness (QED) is 0.140. The number of halogens is 3. The fraction of sp³-hybridized carbons (Fsp3) is 0.333. The topological polar surface area (TPSA) is 173 Å². The summed E-state index contributed by atoms with van der Waals surface area (Å²) in [6, 6.07) is 11.4. The molecule has 0 radical (unpaired) electrons. The van der Waals surface area contributed by atoms with E-state index in [1.165, 1.54) is 12.1 Å². The first kappa shape index (κ1) is 38.7. The predicted octanol–water partition coefficient (Wildman–Crippen LogP) is 6.16. The second-order valence-electron chi connectivity index (χ2n) is 13.5. The first-order chi connectivity index (χ1) is 27.4. The van der Waals surface area contributed by atoms with E-state index in [2.05, 4.69) is 15.6 Å². The van der Waals surface area contributed by atoms with Crippen LogP contribution >= 0.6 is 0 Å². The summed E-state index contributed by atoms with van der Waals surface area (Å²) in [5.74, 6) is 1.13. The number of piperazine rings is 1. The number of carbonyl (C=O) groups is 3. The van der Waals surface area contributed by atoms with Crippen molar-refractivity contribution in [3.63, 3.8) is 0 Å². The van der Waals surface area contributed by atoms with Gasteiger partial charge in [-0.05, 0) is 62.2 Å². The summed E-state index contributed by atoms with van der Waals surface area (Å²) in [4.78, 5) is 54.9. The molecule has 57 heavy (non-hydrogen) atoms. The van der Waals surface area contributed by atoms with Crippen LogP contribution in [-0.2, 0) is 17.5 Å². The first-order valence-electron chi connectivity index (χ1n) is 18.1. The Labute approximate surface area is 324 Å². The van der Waals surface area contributed by atoms with Gasteiger partial charge in [-0.1, -0.05) is 0 Å². The maximum Gasteiger partial charge on any atom is 0.416 e. The van der Waals surface area contributed by atoms with Crippen molar-refractivity contribution >= 4 is 35.1 Å². The van der Waals surface area contributed by atoms with Gasteiger partial charge in [-0.2, -0.15) is 13.2 Å². The fourth-order valence-corrected chi connectivity index (χ4v) is 7.29. The van der Waals surface area contributed by atoms with E-state index < -0.39 is 23.7 Å². The number of anilines is 2. The highest BCUT2D eigenvalue weighted by molar-refractivity contribution is 6.05. The summed E-state index contributed by atoms with van der Waals surface area (Å²) in [6.45, 7) is 2.62. The molecule has 2 unspecified atom stereocenters. The first-order valence-corrected chi connectivity index (χ1v) is 18.1. The van der Waals surface area contributed by atoms with Crippen molar-refractivity contribution in [2.45, 2.75) is 44.4 Å². The van der Waals surface area contributed by atoms with E-state index in [4.69, 9.17) is 24.2 Å². The number of aromatic nitrogens is 4. The number of fused-ring (bicyclic) bond motifs is 2. The Hall–Kier alpha value is -6.59. The van der Waals surface area contributed by atoms with Gasteiger partial charge in [0.25, 0.3) is 5.91 Å². The number of nitrogens with zero attached hydrogens (tertiary/aromatic N) is 6. The average molecular weight is 789 g/mol. The Morgan fingerprint density at radius 3 is 2.54 bits per heavy atom. The van der Waals surface area contributed by atoms with Crippen LogP contribution in [0.25, 0.3) is 16.8 Å². The van der Waals surface area contributed by atoms with Crippen molar-refractivity contribution in [2.24, 2.45) is 0 Å². The van der Waals surface area contributed by atoms with Crippen molar-refractivity contribution in [2.75, 3.05) is 51.1 Å². The number of rotatable bonds is 11. The number of ether oxygens (including phenoxy) is 3. The summed E-state index contributed by atoms with van der Waals surface area (Å²) in [5, 5.41) is 15.4. The number of benzene rings is 2. The predicted molar refractivity (Wildman–Crippen MR) is 201 cm³/mol. The van der Waals surface area contributed by atoms with Gasteiger partial charge in [-0.25, -0.2) is 19.7 Å². The van der Waals surface area contributed by atoms with Gasteiger partial charge in [-0.15, -0.1) is 0 Å². The minimum Gasteiger partial charge on any atom is -0.497 e. The number of carbonyl (C=O) groups excluding carboxylic acids is 2. The van der Waals surface area contributed by atoms with Gasteiger partial charge >= 0.3 is 12.3 Å². The third-order valence-electron chi connectivity index (χ3n) is 10.1. The number of nitrogens with one attached hydrogen (secondary N) is 2. The summed E-state index contributed by atoms with van der Waals surface area (Å²) >= 11 is 0. The number of piperidine rings is 1. The van der Waals surface area contributed by atoms with Crippen LogP contribution in [0.5, 0.6) is 17.2 Å². The molecular formula is C39H39F3N8O7. The fourth-order valence-electron chi connectivity index (χ4n) is 7.29. The zero-order chi connectivity index (χ0) is 40.4. The van der Waals surface area contributed by atoms with E-state index in [0.717, 1.165) is 28.8 Å². The Morgan fingerprint density at radius 2 is 1.81 bits per heavy atom. The van der Waals surface area contributed by atoms with Crippen LogP contribution in [0.4, 0.5) is 29.6 Å². The summed E-state index contributed by atoms with van der Waals surface area (Å²) in [6.07, 6.45) is -0.183. The van der Waals surface area contributed by atoms with Crippen LogP contribution in [0.3, 0.4) is 0 Å². The van der Waals surface area contributed by atoms with Crippen molar-refractivity contribution < 1.29 is 46.9 Å². The number of amides is 3. The van der Waals surface area contributed by atoms with E-state index in [9.17, 15) is 32.7 Å². The molecule has 7 rings (SSSR count). The normalized spacial score (nSPS) is 16.9. The zero-order valence-corrected chi connectivity index (χ0v) is 31.2. The molecule has 0 bridgehead atoms. The van der Waals surface area contributed by atoms with Crippen molar-refractivity contribution in [3.05, 3.63) is 89.6 Å². The number of methoxy groups -OCH3 is 2. The van der Waals surface area contributed by atoms with E-state index >= 15 is 0 Å². The Kier molecular flexibility index (Phi) is 10.8. The Bertz CT molecular complexity index is 2340. The molecule has 3 N–H and O–H groups in total. The lowest BCUT2D eigenvalue weighted by molar-refractivity contribution is -0.141. The average Bonchev–Trinajstić information content (AvgIpc) is 3.59. The summed E-state index contributed by atoms with van der Waals surface area (Å²) in [7, 11) is 3.13. The van der Waals surface area contributed by atoms with Gasteiger partial charge in [0.1, 0.15) is 46.6 Å². The molecule has 3 aromatic heterocycles. The number of hydrogen-bond donors (Lipinski definition) is 3. The van der Waals surface area contributed by atoms with Gasteiger partial charge in [0.2, 0.25) is 5.91 Å². The standard InChI is InChI=1S/C39H39F3N8O7/c1-4-57-30-15-22(37(52)46-31-16-25(11-12-43-31)39(40,41)42)7-10-28(30)33-34-35(45-18-23-6-9-27(55-2)17-29(23)56-3)44-13-14-49(34)36(47-33)24-5-8-26-20-48(38(53)54)21-32(51)50(26)19-24/h6-7,9-17,24,26H,4-5,8,18-21H2,1-3H3,(H,44,45)(H,53,54)(H,43,46,52). The minimum atomic E-state index is -4.62. The minimum absolute atomic E-state index is 0.102. The highest BCUT2D eigenvalue weighted by atomic mass is 19.4. The van der Waals surface area contributed by atoms with Gasteiger partial charge in [0.15, 0.2) is 5.82 Å². The number of pyridine rings is 1. The highest BCUT2D eigenvalue weighted by Crippen LogP contribution is 2.40. The molecule has 5 heterocycles. The van der Waals surface area contributed by atoms with Gasteiger partial charge in [0, 0.05) is 72.9 Å². The molecular weight excluding hydrogens is 749 g/mol. The largest absolute Gasteiger partial charge is 0.497 e. The lowest BCUT2D eigenvalue weighted by Gasteiger charge is -2.45. The van der Waals surface area contributed by atoms with E-state index in [1.54, 1.807) is 50.6 Å². The molecule has 2 aliphatic heterocycles. The molecule has 2 fully saturated rings. The Balaban J connectivity index is 1.28. The van der Waals surface area contributed by atoms with Crippen molar-refractivity contribution in [3.8, 4) is 28.5 Å². The van der Waals surface area contributed by atoms with E-state index in [1.807, 2.05) is 16.5 Å². The van der Waals surface area contributed by atoms with Crippen molar-refractivity contribution in [1.29, 1.82) is 0 Å². The van der Waals surface area contributed by atoms with Crippen LogP contribution in [-0.4, -0.2) is 98.7 Å². The molecule has 0 spiro atoms. The number of carboxylic acid groups (broad SMARTS) is 1. The molecule has 2 aliphatic rings. The van der Waals surface area contributed by atoms with Crippen LogP contribution < -0.4 is 24.8 Å². The second kappa shape index (κ2) is 15.9. The van der Waals surface area contributed by atoms with Crippen LogP contribution in [0.2, 0.25) is 0 Å². The van der Waals surface area contributed by atoms with E-state index in [-0.39, 0.29) is 54.7 Å². The van der Waals surface area contributed by atoms with Gasteiger partial charge in [-0.3, -0.25) is 18.9 Å². The molecule has 298 valence electrons. The van der Waals surface area contributed by atoms with E-state index in [0.29, 0.717) is 65.8 Å². The molecule has 2 atom stereocenters. The third-order valence-corrected chi connectivity index (χ3v) is 10.1. The monoisotopic (exact) mass is 788 g/mol.